The minimum atomic E-state index is -1.91. The number of ether oxygens (including phenoxy) is 1. The minimum absolute atomic E-state index is 0.183. The molecule has 1 aromatic heterocycles. The summed E-state index contributed by atoms with van der Waals surface area (Å²) in [6.45, 7) is 3.20. The van der Waals surface area contributed by atoms with Crippen LogP contribution in [0.4, 0.5) is 4.79 Å². The molecule has 1 aliphatic rings. The fourth-order valence-electron chi connectivity index (χ4n) is 3.71. The van der Waals surface area contributed by atoms with Gasteiger partial charge in [-0.2, -0.15) is 0 Å². The molecule has 1 saturated heterocycles. The lowest BCUT2D eigenvalue weighted by Gasteiger charge is -2.46. The molecule has 0 radical (unpaired) electrons. The van der Waals surface area contributed by atoms with Crippen molar-refractivity contribution in [3.05, 3.63) is 36.0 Å². The summed E-state index contributed by atoms with van der Waals surface area (Å²) in [4.78, 5) is 42.7. The maximum Gasteiger partial charge on any atom is 0.327 e. The van der Waals surface area contributed by atoms with Gasteiger partial charge in [-0.05, 0) is 25.5 Å². The van der Waals surface area contributed by atoms with Crippen LogP contribution in [0.25, 0.3) is 10.9 Å². The highest BCUT2D eigenvalue weighted by Crippen LogP contribution is 2.25. The van der Waals surface area contributed by atoms with E-state index in [1.165, 1.54) is 25.9 Å². The van der Waals surface area contributed by atoms with Crippen LogP contribution < -0.4 is 5.32 Å². The molecule has 2 heterocycles. The maximum absolute atomic E-state index is 12.6. The third-order valence-corrected chi connectivity index (χ3v) is 5.28. The molecule has 3 N–H and O–H groups in total. The van der Waals surface area contributed by atoms with E-state index in [2.05, 4.69) is 10.3 Å². The smallest absolute Gasteiger partial charge is 0.327 e. The number of aliphatic hydroxyl groups is 1. The fourth-order valence-corrected chi connectivity index (χ4v) is 3.71. The molecular formula is C20H26N4O5. The molecule has 3 atom stereocenters. The van der Waals surface area contributed by atoms with Gasteiger partial charge in [0.15, 0.2) is 5.60 Å². The molecule has 0 spiro atoms. The first-order chi connectivity index (χ1) is 13.7. The number of urea groups is 1. The Hall–Kier alpha value is -2.91. The zero-order valence-corrected chi connectivity index (χ0v) is 16.9. The van der Waals surface area contributed by atoms with Crippen molar-refractivity contribution in [2.24, 2.45) is 0 Å². The second-order valence-electron chi connectivity index (χ2n) is 7.34. The monoisotopic (exact) mass is 402 g/mol. The average molecular weight is 402 g/mol. The van der Waals surface area contributed by atoms with E-state index in [1.54, 1.807) is 6.92 Å². The largest absolute Gasteiger partial charge is 0.465 e. The van der Waals surface area contributed by atoms with Gasteiger partial charge in [0.25, 0.3) is 5.91 Å². The number of fused-ring (bicyclic) bond motifs is 1. The number of H-pyrrole nitrogens is 1. The Labute approximate surface area is 168 Å². The fraction of sp³-hybridized carbons (Fsp3) is 0.450. The van der Waals surface area contributed by atoms with E-state index in [1.807, 2.05) is 30.5 Å². The number of rotatable bonds is 6. The van der Waals surface area contributed by atoms with Crippen LogP contribution in [-0.4, -0.2) is 76.3 Å². The molecule has 0 bridgehead atoms. The number of para-hydroxylation sites is 1. The molecule has 29 heavy (non-hydrogen) atoms. The van der Waals surface area contributed by atoms with Crippen LogP contribution >= 0.6 is 0 Å². The van der Waals surface area contributed by atoms with E-state index >= 15 is 0 Å². The molecule has 0 saturated carbocycles. The van der Waals surface area contributed by atoms with E-state index in [0.717, 1.165) is 21.4 Å². The number of likely N-dealkylation sites (N-methyl/N-ethyl adjacent to an activating group) is 2. The first kappa shape index (κ1) is 20.8. The van der Waals surface area contributed by atoms with Gasteiger partial charge in [0.2, 0.25) is 0 Å². The van der Waals surface area contributed by atoms with Gasteiger partial charge >= 0.3 is 12.0 Å². The molecule has 156 valence electrons. The van der Waals surface area contributed by atoms with Crippen molar-refractivity contribution in [1.82, 2.24) is 20.1 Å². The molecule has 3 amide bonds. The number of carbonyl (C=O) groups is 3. The van der Waals surface area contributed by atoms with Gasteiger partial charge in [-0.3, -0.25) is 19.8 Å². The predicted molar refractivity (Wildman–Crippen MR) is 106 cm³/mol. The van der Waals surface area contributed by atoms with Crippen molar-refractivity contribution in [2.45, 2.75) is 38.1 Å². The number of amides is 3. The lowest BCUT2D eigenvalue weighted by molar-refractivity contribution is -0.162. The molecule has 2 aromatic rings. The van der Waals surface area contributed by atoms with Gasteiger partial charge in [-0.25, -0.2) is 4.79 Å². The Morgan fingerprint density at radius 2 is 2.03 bits per heavy atom. The number of nitrogens with zero attached hydrogens (tertiary/aromatic N) is 2. The standard InChI is InChI=1S/C20H26N4O5/c1-5-29-16(25)15(10-12-11-21-14-9-7-6-8-13(12)14)22-17-20(2,28)18(26)24(4)19(27)23(17)3/h6-9,11,15,17,21-22,28H,5,10H2,1-4H3/t15-,17-,20-/m0/s1. The molecular weight excluding hydrogens is 376 g/mol. The van der Waals surface area contributed by atoms with Crippen LogP contribution in [-0.2, 0) is 20.7 Å². The topological polar surface area (TPSA) is 115 Å². The highest BCUT2D eigenvalue weighted by atomic mass is 16.5. The van der Waals surface area contributed by atoms with Crippen molar-refractivity contribution < 1.29 is 24.2 Å². The number of carbonyl (C=O) groups excluding carboxylic acids is 3. The lowest BCUT2D eigenvalue weighted by Crippen LogP contribution is -2.73. The summed E-state index contributed by atoms with van der Waals surface area (Å²) in [5, 5.41) is 14.8. The van der Waals surface area contributed by atoms with E-state index in [-0.39, 0.29) is 13.0 Å². The van der Waals surface area contributed by atoms with Gasteiger partial charge in [0, 0.05) is 37.6 Å². The number of hydrogen-bond acceptors (Lipinski definition) is 6. The summed E-state index contributed by atoms with van der Waals surface area (Å²) in [6, 6.07) is 6.23. The zero-order chi connectivity index (χ0) is 21.3. The first-order valence-corrected chi connectivity index (χ1v) is 9.43. The van der Waals surface area contributed by atoms with Crippen LogP contribution in [0.3, 0.4) is 0 Å². The Morgan fingerprint density at radius 1 is 1.34 bits per heavy atom. The quantitative estimate of drug-likeness (QED) is 0.617. The van der Waals surface area contributed by atoms with Crippen LogP contribution in [0.5, 0.6) is 0 Å². The van der Waals surface area contributed by atoms with Crippen LogP contribution in [0, 0.1) is 0 Å². The van der Waals surface area contributed by atoms with Gasteiger partial charge in [0.05, 0.1) is 6.61 Å². The number of nitrogens with one attached hydrogen (secondary N) is 2. The highest BCUT2D eigenvalue weighted by molar-refractivity contribution is 6.01. The summed E-state index contributed by atoms with van der Waals surface area (Å²) in [5.74, 6) is -1.27. The predicted octanol–water partition coefficient (Wildman–Crippen LogP) is 0.833. The summed E-state index contributed by atoms with van der Waals surface area (Å²) >= 11 is 0. The van der Waals surface area contributed by atoms with Crippen molar-refractivity contribution in [2.75, 3.05) is 20.7 Å². The number of aromatic amines is 1. The van der Waals surface area contributed by atoms with Crippen molar-refractivity contribution in [1.29, 1.82) is 0 Å². The molecule has 0 aliphatic carbocycles. The normalized spacial score (nSPS) is 23.6. The number of esters is 1. The minimum Gasteiger partial charge on any atom is -0.465 e. The summed E-state index contributed by atoms with van der Waals surface area (Å²) in [6.07, 6.45) is 0.964. The molecule has 1 aliphatic heterocycles. The summed E-state index contributed by atoms with van der Waals surface area (Å²) < 4.78 is 5.19. The molecule has 9 nitrogen and oxygen atoms in total. The Balaban J connectivity index is 1.92. The maximum atomic E-state index is 12.6. The molecule has 3 rings (SSSR count). The first-order valence-electron chi connectivity index (χ1n) is 9.43. The number of imide groups is 1. The Kier molecular flexibility index (Phi) is 5.63. The average Bonchev–Trinajstić information content (AvgIpc) is 3.10. The van der Waals surface area contributed by atoms with E-state index in [0.29, 0.717) is 0 Å². The van der Waals surface area contributed by atoms with Crippen molar-refractivity contribution in [3.63, 3.8) is 0 Å². The van der Waals surface area contributed by atoms with E-state index in [4.69, 9.17) is 4.74 Å². The molecule has 0 unspecified atom stereocenters. The van der Waals surface area contributed by atoms with Gasteiger partial charge in [0.1, 0.15) is 12.2 Å². The summed E-state index contributed by atoms with van der Waals surface area (Å²) in [5.41, 5.74) is -0.111. The molecule has 1 fully saturated rings. The second-order valence-corrected chi connectivity index (χ2v) is 7.34. The zero-order valence-electron chi connectivity index (χ0n) is 16.9. The molecule has 9 heteroatoms. The highest BCUT2D eigenvalue weighted by Gasteiger charge is 2.52. The third-order valence-electron chi connectivity index (χ3n) is 5.28. The number of aromatic nitrogens is 1. The Bertz CT molecular complexity index is 938. The van der Waals surface area contributed by atoms with E-state index < -0.39 is 35.7 Å². The van der Waals surface area contributed by atoms with Gasteiger partial charge in [-0.1, -0.05) is 18.2 Å². The van der Waals surface area contributed by atoms with Crippen molar-refractivity contribution in [3.8, 4) is 0 Å². The van der Waals surface area contributed by atoms with Crippen LogP contribution in [0.2, 0.25) is 0 Å². The van der Waals surface area contributed by atoms with Crippen LogP contribution in [0.15, 0.2) is 30.5 Å². The lowest BCUT2D eigenvalue weighted by atomic mass is 9.95. The SMILES string of the molecule is CCOC(=O)[C@H](Cc1c[nH]c2ccccc12)N[C@H]1N(C)C(=O)N(C)C(=O)[C@@]1(C)O. The number of hydrogen-bond donors (Lipinski definition) is 3. The third kappa shape index (κ3) is 3.70. The second kappa shape index (κ2) is 7.84. The Morgan fingerprint density at radius 3 is 2.72 bits per heavy atom. The van der Waals surface area contributed by atoms with Crippen molar-refractivity contribution >= 4 is 28.8 Å². The van der Waals surface area contributed by atoms with Gasteiger partial charge < -0.3 is 19.7 Å². The summed E-state index contributed by atoms with van der Waals surface area (Å²) in [7, 11) is 2.77. The van der Waals surface area contributed by atoms with Gasteiger partial charge in [-0.15, -0.1) is 0 Å². The molecule has 1 aromatic carbocycles. The number of benzene rings is 1. The van der Waals surface area contributed by atoms with E-state index in [9.17, 15) is 19.5 Å². The van der Waals surface area contributed by atoms with Crippen LogP contribution in [0.1, 0.15) is 19.4 Å².